The zero-order valence-corrected chi connectivity index (χ0v) is 11.6. The highest BCUT2D eigenvalue weighted by Crippen LogP contribution is 2.22. The van der Waals surface area contributed by atoms with Gasteiger partial charge >= 0.3 is 0 Å². The van der Waals surface area contributed by atoms with Crippen molar-refractivity contribution in [2.75, 3.05) is 31.6 Å². The second-order valence-electron chi connectivity index (χ2n) is 5.30. The molecule has 1 aliphatic rings. The van der Waals surface area contributed by atoms with Crippen LogP contribution in [0.25, 0.3) is 0 Å². The molecule has 1 aromatic heterocycles. The SMILES string of the molecule is Cc1cc(CO)cnc1N1CCCN(C)CC1C. The average molecular weight is 249 g/mol. The van der Waals surface area contributed by atoms with Gasteiger partial charge < -0.3 is 14.9 Å². The van der Waals surface area contributed by atoms with Gasteiger partial charge in [-0.15, -0.1) is 0 Å². The van der Waals surface area contributed by atoms with Crippen molar-refractivity contribution >= 4 is 5.82 Å². The van der Waals surface area contributed by atoms with E-state index in [0.29, 0.717) is 6.04 Å². The van der Waals surface area contributed by atoms with E-state index in [-0.39, 0.29) is 6.61 Å². The smallest absolute Gasteiger partial charge is 0.131 e. The maximum Gasteiger partial charge on any atom is 0.131 e. The number of aromatic nitrogens is 1. The third-order valence-corrected chi connectivity index (χ3v) is 3.61. The Morgan fingerprint density at radius 3 is 2.89 bits per heavy atom. The molecule has 2 heterocycles. The fourth-order valence-electron chi connectivity index (χ4n) is 2.70. The average Bonchev–Trinajstić information content (AvgIpc) is 2.50. The van der Waals surface area contributed by atoms with Crippen LogP contribution in [0.2, 0.25) is 0 Å². The largest absolute Gasteiger partial charge is 0.392 e. The molecule has 100 valence electrons. The van der Waals surface area contributed by atoms with Crippen molar-refractivity contribution in [1.29, 1.82) is 0 Å². The van der Waals surface area contributed by atoms with Crippen molar-refractivity contribution in [3.63, 3.8) is 0 Å². The van der Waals surface area contributed by atoms with Crippen LogP contribution in [-0.4, -0.2) is 47.7 Å². The molecule has 1 aliphatic heterocycles. The minimum absolute atomic E-state index is 0.0619. The van der Waals surface area contributed by atoms with Crippen LogP contribution in [0, 0.1) is 6.92 Å². The Balaban J connectivity index is 2.24. The number of pyridine rings is 1. The van der Waals surface area contributed by atoms with Gasteiger partial charge in [0, 0.05) is 25.3 Å². The summed E-state index contributed by atoms with van der Waals surface area (Å²) in [4.78, 5) is 9.30. The van der Waals surface area contributed by atoms with Crippen molar-refractivity contribution in [3.05, 3.63) is 23.4 Å². The fourth-order valence-corrected chi connectivity index (χ4v) is 2.70. The summed E-state index contributed by atoms with van der Waals surface area (Å²) in [5, 5.41) is 9.13. The van der Waals surface area contributed by atoms with Gasteiger partial charge in [0.05, 0.1) is 6.61 Å². The van der Waals surface area contributed by atoms with Gasteiger partial charge in [0.2, 0.25) is 0 Å². The van der Waals surface area contributed by atoms with Crippen LogP contribution in [0.1, 0.15) is 24.5 Å². The molecular formula is C14H23N3O. The van der Waals surface area contributed by atoms with Gasteiger partial charge in [-0.05, 0) is 51.1 Å². The molecule has 18 heavy (non-hydrogen) atoms. The number of aryl methyl sites for hydroxylation is 1. The number of likely N-dealkylation sites (N-methyl/N-ethyl adjacent to an activating group) is 1. The summed E-state index contributed by atoms with van der Waals surface area (Å²) < 4.78 is 0. The molecular weight excluding hydrogens is 226 g/mol. The normalized spacial score (nSPS) is 22.0. The van der Waals surface area contributed by atoms with Crippen molar-refractivity contribution in [2.24, 2.45) is 0 Å². The molecule has 1 atom stereocenters. The highest BCUT2D eigenvalue weighted by atomic mass is 16.3. The molecule has 0 aliphatic carbocycles. The van der Waals surface area contributed by atoms with Crippen LogP contribution >= 0.6 is 0 Å². The fraction of sp³-hybridized carbons (Fsp3) is 0.643. The Kier molecular flexibility index (Phi) is 4.19. The summed E-state index contributed by atoms with van der Waals surface area (Å²) in [6.07, 6.45) is 2.95. The van der Waals surface area contributed by atoms with Gasteiger partial charge in [-0.2, -0.15) is 0 Å². The van der Waals surface area contributed by atoms with Gasteiger partial charge in [0.15, 0.2) is 0 Å². The zero-order chi connectivity index (χ0) is 13.1. The molecule has 1 fully saturated rings. The number of aliphatic hydroxyl groups excluding tert-OH is 1. The minimum Gasteiger partial charge on any atom is -0.392 e. The van der Waals surface area contributed by atoms with Gasteiger partial charge in [0.25, 0.3) is 0 Å². The standard InChI is InChI=1S/C14H23N3O/c1-11-7-13(10-18)8-15-14(11)17-6-4-5-16(3)9-12(17)2/h7-8,12,18H,4-6,9-10H2,1-3H3. The Labute approximate surface area is 109 Å². The van der Waals surface area contributed by atoms with Crippen molar-refractivity contribution in [3.8, 4) is 0 Å². The van der Waals surface area contributed by atoms with E-state index in [9.17, 15) is 0 Å². The first-order valence-electron chi connectivity index (χ1n) is 6.63. The van der Waals surface area contributed by atoms with E-state index in [1.807, 2.05) is 6.07 Å². The molecule has 0 saturated carbocycles. The van der Waals surface area contributed by atoms with Crippen molar-refractivity contribution in [2.45, 2.75) is 32.9 Å². The Hall–Kier alpha value is -1.13. The monoisotopic (exact) mass is 249 g/mol. The highest BCUT2D eigenvalue weighted by molar-refractivity contribution is 5.48. The van der Waals surface area contributed by atoms with Crippen molar-refractivity contribution in [1.82, 2.24) is 9.88 Å². The lowest BCUT2D eigenvalue weighted by atomic mass is 10.1. The van der Waals surface area contributed by atoms with Gasteiger partial charge in [-0.25, -0.2) is 4.98 Å². The summed E-state index contributed by atoms with van der Waals surface area (Å²) >= 11 is 0. The topological polar surface area (TPSA) is 39.6 Å². The first-order valence-corrected chi connectivity index (χ1v) is 6.63. The van der Waals surface area contributed by atoms with Crippen LogP contribution in [0.3, 0.4) is 0 Å². The second-order valence-corrected chi connectivity index (χ2v) is 5.30. The van der Waals surface area contributed by atoms with Crippen LogP contribution in [0.15, 0.2) is 12.3 Å². The van der Waals surface area contributed by atoms with Gasteiger partial charge in [-0.3, -0.25) is 0 Å². The number of rotatable bonds is 2. The second kappa shape index (κ2) is 5.67. The number of hydrogen-bond acceptors (Lipinski definition) is 4. The molecule has 4 heteroatoms. The van der Waals surface area contributed by atoms with Crippen LogP contribution in [0.4, 0.5) is 5.82 Å². The molecule has 1 unspecified atom stereocenters. The number of nitrogens with zero attached hydrogens (tertiary/aromatic N) is 3. The van der Waals surface area contributed by atoms with Crippen LogP contribution in [0.5, 0.6) is 0 Å². The number of anilines is 1. The third-order valence-electron chi connectivity index (χ3n) is 3.61. The summed E-state index contributed by atoms with van der Waals surface area (Å²) in [5.74, 6) is 1.06. The summed E-state index contributed by atoms with van der Waals surface area (Å²) in [5.41, 5.74) is 2.04. The first-order chi connectivity index (χ1) is 8.61. The summed E-state index contributed by atoms with van der Waals surface area (Å²) in [6.45, 7) is 7.66. The summed E-state index contributed by atoms with van der Waals surface area (Å²) in [6, 6.07) is 2.51. The number of hydrogen-bond donors (Lipinski definition) is 1. The molecule has 1 saturated heterocycles. The predicted molar refractivity (Wildman–Crippen MR) is 73.8 cm³/mol. The van der Waals surface area contributed by atoms with E-state index in [2.05, 4.69) is 35.7 Å². The lowest BCUT2D eigenvalue weighted by Gasteiger charge is -2.30. The summed E-state index contributed by atoms with van der Waals surface area (Å²) in [7, 11) is 2.18. The highest BCUT2D eigenvalue weighted by Gasteiger charge is 2.21. The molecule has 2 rings (SSSR count). The Morgan fingerprint density at radius 1 is 1.44 bits per heavy atom. The maximum atomic E-state index is 9.13. The van der Waals surface area contributed by atoms with E-state index in [1.54, 1.807) is 6.20 Å². The molecule has 0 aromatic carbocycles. The zero-order valence-electron chi connectivity index (χ0n) is 11.6. The quantitative estimate of drug-likeness (QED) is 0.860. The number of aliphatic hydroxyl groups is 1. The van der Waals surface area contributed by atoms with E-state index in [4.69, 9.17) is 5.11 Å². The third kappa shape index (κ3) is 2.82. The van der Waals surface area contributed by atoms with Crippen LogP contribution < -0.4 is 4.90 Å². The minimum atomic E-state index is 0.0619. The molecule has 0 spiro atoms. The van der Waals surface area contributed by atoms with Gasteiger partial charge in [0.1, 0.15) is 5.82 Å². The van der Waals surface area contributed by atoms with Gasteiger partial charge in [-0.1, -0.05) is 0 Å². The van der Waals surface area contributed by atoms with E-state index in [0.717, 1.165) is 36.6 Å². The lowest BCUT2D eigenvalue weighted by molar-refractivity contribution is 0.281. The Morgan fingerprint density at radius 2 is 2.22 bits per heavy atom. The molecule has 1 N–H and O–H groups in total. The maximum absolute atomic E-state index is 9.13. The molecule has 1 aromatic rings. The molecule has 0 bridgehead atoms. The Bertz CT molecular complexity index is 408. The molecule has 0 amide bonds. The van der Waals surface area contributed by atoms with E-state index < -0.39 is 0 Å². The molecule has 0 radical (unpaired) electrons. The first kappa shape index (κ1) is 13.3. The van der Waals surface area contributed by atoms with E-state index in [1.165, 1.54) is 6.42 Å². The molecule has 4 nitrogen and oxygen atoms in total. The predicted octanol–water partition coefficient (Wildman–Crippen LogP) is 1.41. The van der Waals surface area contributed by atoms with E-state index >= 15 is 0 Å². The van der Waals surface area contributed by atoms with Crippen LogP contribution in [-0.2, 0) is 6.61 Å². The van der Waals surface area contributed by atoms with Crippen molar-refractivity contribution < 1.29 is 5.11 Å². The lowest BCUT2D eigenvalue weighted by Crippen LogP contribution is -2.38.